The van der Waals surface area contributed by atoms with Gasteiger partial charge in [-0.1, -0.05) is 54.6 Å². The molecule has 2 heterocycles. The second kappa shape index (κ2) is 18.3. The molecule has 0 spiro atoms. The molecule has 1 aromatic heterocycles. The van der Waals surface area contributed by atoms with Gasteiger partial charge in [-0.15, -0.1) is 0 Å². The first-order valence-corrected chi connectivity index (χ1v) is 18.9. The number of benzene rings is 3. The fourth-order valence-corrected chi connectivity index (χ4v) is 8.27. The highest BCUT2D eigenvalue weighted by atomic mass is 31.2. The summed E-state index contributed by atoms with van der Waals surface area (Å²) in [7, 11) is 1.41. The predicted molar refractivity (Wildman–Crippen MR) is 203 cm³/mol. The van der Waals surface area contributed by atoms with E-state index < -0.39 is 50.0 Å². The van der Waals surface area contributed by atoms with Gasteiger partial charge >= 0.3 is 5.69 Å². The number of nitrogens with zero attached hydrogens (tertiary/aromatic N) is 3. The summed E-state index contributed by atoms with van der Waals surface area (Å²) in [6.45, 7) is 9.53. The first-order valence-electron chi connectivity index (χ1n) is 17.8. The van der Waals surface area contributed by atoms with Crippen molar-refractivity contribution in [1.82, 2.24) is 14.2 Å². The molecule has 4 aromatic rings. The van der Waals surface area contributed by atoms with Crippen molar-refractivity contribution in [2.75, 3.05) is 27.4 Å². The number of nitriles is 1. The van der Waals surface area contributed by atoms with E-state index in [4.69, 9.17) is 28.0 Å². The van der Waals surface area contributed by atoms with E-state index >= 15 is 4.39 Å². The maximum atomic E-state index is 17.4. The van der Waals surface area contributed by atoms with Gasteiger partial charge in [-0.05, 0) is 75.6 Å². The van der Waals surface area contributed by atoms with Gasteiger partial charge in [0.2, 0.25) is 0 Å². The molecule has 1 saturated heterocycles. The van der Waals surface area contributed by atoms with Crippen LogP contribution >= 0.6 is 8.53 Å². The van der Waals surface area contributed by atoms with Crippen LogP contribution < -0.4 is 20.7 Å². The van der Waals surface area contributed by atoms with E-state index in [1.165, 1.54) is 13.1 Å². The van der Waals surface area contributed by atoms with Crippen LogP contribution in [-0.2, 0) is 24.1 Å². The molecular weight excluding hydrogens is 714 g/mol. The molecule has 0 amide bonds. The van der Waals surface area contributed by atoms with Gasteiger partial charge in [-0.2, -0.15) is 5.26 Å². The van der Waals surface area contributed by atoms with Crippen LogP contribution in [0.15, 0.2) is 94.6 Å². The number of aryl methyl sites for hydroxylation is 1. The van der Waals surface area contributed by atoms with Gasteiger partial charge in [0.1, 0.15) is 29.3 Å². The molecule has 1 aliphatic heterocycles. The maximum Gasteiger partial charge on any atom is 0.330 e. The highest BCUT2D eigenvalue weighted by Gasteiger charge is 2.53. The predicted octanol–water partition coefficient (Wildman–Crippen LogP) is 6.77. The second-order valence-electron chi connectivity index (χ2n) is 13.4. The Hall–Kier alpha value is -4.41. The Kier molecular flexibility index (Phi) is 13.8. The topological polar surface area (TPSA) is 137 Å². The van der Waals surface area contributed by atoms with Crippen molar-refractivity contribution < 1.29 is 32.4 Å². The number of aromatic amines is 1. The number of alkyl halides is 1. The number of hydrogen-bond donors (Lipinski definition) is 1. The minimum atomic E-state index is -1.93. The molecule has 5 rings (SSSR count). The van der Waals surface area contributed by atoms with Gasteiger partial charge in [-0.3, -0.25) is 14.3 Å². The summed E-state index contributed by atoms with van der Waals surface area (Å²) in [5.74, 6) is 1.23. The van der Waals surface area contributed by atoms with Crippen molar-refractivity contribution in [3.05, 3.63) is 128 Å². The molecule has 0 saturated carbocycles. The summed E-state index contributed by atoms with van der Waals surface area (Å²) < 4.78 is 57.8. The second-order valence-corrected chi connectivity index (χ2v) is 14.9. The third-order valence-electron chi connectivity index (χ3n) is 9.18. The molecule has 0 radical (unpaired) electrons. The first kappa shape index (κ1) is 40.8. The minimum absolute atomic E-state index is 0.00924. The third kappa shape index (κ3) is 8.76. The fourth-order valence-electron chi connectivity index (χ4n) is 6.65. The Morgan fingerprint density at radius 2 is 1.46 bits per heavy atom. The lowest BCUT2D eigenvalue weighted by Crippen LogP contribution is -2.45. The van der Waals surface area contributed by atoms with Crippen LogP contribution in [0.3, 0.4) is 0 Å². The van der Waals surface area contributed by atoms with E-state index in [2.05, 4.69) is 15.7 Å². The lowest BCUT2D eigenvalue weighted by Gasteiger charge is -2.40. The van der Waals surface area contributed by atoms with E-state index in [1.807, 2.05) is 107 Å². The van der Waals surface area contributed by atoms with E-state index in [0.717, 1.165) is 4.57 Å². The normalized spacial score (nSPS) is 19.3. The van der Waals surface area contributed by atoms with Crippen LogP contribution in [0.5, 0.6) is 11.5 Å². The maximum absolute atomic E-state index is 17.4. The van der Waals surface area contributed by atoms with Crippen LogP contribution in [0.1, 0.15) is 62.6 Å². The summed E-state index contributed by atoms with van der Waals surface area (Å²) >= 11 is 0. The van der Waals surface area contributed by atoms with Crippen LogP contribution in [0.2, 0.25) is 0 Å². The molecule has 0 bridgehead atoms. The van der Waals surface area contributed by atoms with Crippen molar-refractivity contribution >= 4 is 8.53 Å². The number of ether oxygens (including phenoxy) is 4. The molecule has 1 unspecified atom stereocenters. The number of hydrogen-bond acceptors (Lipinski definition) is 10. The van der Waals surface area contributed by atoms with Crippen molar-refractivity contribution in [3.8, 4) is 17.6 Å². The SMILES string of the molecule is COc1ccc(C(O[C@H]2[C@H](F)[C@H](n3cc(C)c(=O)[nH]c3=O)O[C@@H]2COP(OCCC#N)N(C(C)C)C(C)C)(c2ccccc2)c2ccc(OC)cc2)cc1. The molecule has 1 N–H and O–H groups in total. The number of aromatic nitrogens is 2. The Labute approximate surface area is 316 Å². The Morgan fingerprint density at radius 3 is 1.98 bits per heavy atom. The monoisotopic (exact) mass is 762 g/mol. The number of rotatable bonds is 17. The Morgan fingerprint density at radius 1 is 0.907 bits per heavy atom. The summed E-state index contributed by atoms with van der Waals surface area (Å²) in [4.78, 5) is 27.8. The van der Waals surface area contributed by atoms with Gasteiger partial charge < -0.3 is 28.0 Å². The molecule has 3 aromatic carbocycles. The number of methoxy groups -OCH3 is 2. The van der Waals surface area contributed by atoms with E-state index in [9.17, 15) is 14.9 Å². The summed E-state index contributed by atoms with van der Waals surface area (Å²) in [5.41, 5.74) is -0.613. The highest BCUT2D eigenvalue weighted by molar-refractivity contribution is 7.44. The average Bonchev–Trinajstić information content (AvgIpc) is 3.47. The van der Waals surface area contributed by atoms with Crippen LogP contribution in [0.4, 0.5) is 4.39 Å². The van der Waals surface area contributed by atoms with Crippen molar-refractivity contribution in [2.24, 2.45) is 0 Å². The van der Waals surface area contributed by atoms with E-state index in [1.54, 1.807) is 14.2 Å². The van der Waals surface area contributed by atoms with E-state index in [0.29, 0.717) is 28.2 Å². The van der Waals surface area contributed by atoms with Gasteiger partial charge in [0, 0.05) is 23.8 Å². The van der Waals surface area contributed by atoms with E-state index in [-0.39, 0.29) is 37.3 Å². The molecule has 1 fully saturated rings. The van der Waals surface area contributed by atoms with Crippen LogP contribution in [0, 0.1) is 18.3 Å². The number of nitrogens with one attached hydrogen (secondary N) is 1. The summed E-state index contributed by atoms with van der Waals surface area (Å²) in [6.07, 6.45) is -4.41. The average molecular weight is 763 g/mol. The molecule has 1 aliphatic rings. The molecular formula is C40H48FN4O8P. The highest BCUT2D eigenvalue weighted by Crippen LogP contribution is 2.49. The van der Waals surface area contributed by atoms with Crippen LogP contribution in [-0.4, -0.2) is 72.1 Å². The summed E-state index contributed by atoms with van der Waals surface area (Å²) in [5, 5.41) is 9.23. The summed E-state index contributed by atoms with van der Waals surface area (Å²) in [6, 6.07) is 26.3. The van der Waals surface area contributed by atoms with Crippen molar-refractivity contribution in [2.45, 2.75) is 83.3 Å². The number of H-pyrrole nitrogens is 1. The smallest absolute Gasteiger partial charge is 0.330 e. The molecule has 54 heavy (non-hydrogen) atoms. The molecule has 288 valence electrons. The third-order valence-corrected chi connectivity index (χ3v) is 11.3. The standard InChI is InChI=1S/C40H48FN4O8P/c1-26(2)45(27(3)4)54(50-23-11-22-42)51-25-34-36(35(41)38(52-34)44-24-28(5)37(46)43-39(44)47)53-40(29-12-9-8-10-13-29,30-14-18-32(48-6)19-15-30)31-16-20-33(49-7)21-17-31/h8-10,12-21,24,26-27,34-36,38H,11,23,25H2,1-7H3,(H,43,46,47)/t34-,35+,36-,38-,54?/m1/s1. The zero-order chi connectivity index (χ0) is 39.0. The Balaban J connectivity index is 1.67. The zero-order valence-corrected chi connectivity index (χ0v) is 32.5. The molecule has 14 heteroatoms. The lowest BCUT2D eigenvalue weighted by atomic mass is 9.79. The molecule has 5 atom stereocenters. The van der Waals surface area contributed by atoms with Crippen LogP contribution in [0.25, 0.3) is 0 Å². The van der Waals surface area contributed by atoms with Gasteiger partial charge in [-0.25, -0.2) is 13.9 Å². The van der Waals surface area contributed by atoms with Crippen molar-refractivity contribution in [3.63, 3.8) is 0 Å². The molecule has 12 nitrogen and oxygen atoms in total. The lowest BCUT2D eigenvalue weighted by molar-refractivity contribution is -0.103. The quantitative estimate of drug-likeness (QED) is 0.0698. The van der Waals surface area contributed by atoms with Gasteiger partial charge in [0.25, 0.3) is 14.1 Å². The first-order chi connectivity index (χ1) is 25.9. The Bertz CT molecular complexity index is 1910. The zero-order valence-electron chi connectivity index (χ0n) is 31.6. The molecule has 0 aliphatic carbocycles. The van der Waals surface area contributed by atoms with Gasteiger partial charge in [0.05, 0.1) is 39.9 Å². The van der Waals surface area contributed by atoms with Crippen molar-refractivity contribution in [1.29, 1.82) is 5.26 Å². The largest absolute Gasteiger partial charge is 0.497 e. The minimum Gasteiger partial charge on any atom is -0.497 e. The fraction of sp³-hybridized carbons (Fsp3) is 0.425. The number of halogens is 1. The van der Waals surface area contributed by atoms with Gasteiger partial charge in [0.15, 0.2) is 12.4 Å².